The number of hydrogen-bond acceptors (Lipinski definition) is 6. The quantitative estimate of drug-likeness (QED) is 0.795. The summed E-state index contributed by atoms with van der Waals surface area (Å²) in [6.07, 6.45) is 1.30. The van der Waals surface area contributed by atoms with Crippen LogP contribution >= 0.6 is 11.3 Å². The van der Waals surface area contributed by atoms with Gasteiger partial charge in [0.2, 0.25) is 0 Å². The van der Waals surface area contributed by atoms with Gasteiger partial charge in [-0.25, -0.2) is 4.79 Å². The molecule has 7 heteroatoms. The van der Waals surface area contributed by atoms with Crippen molar-refractivity contribution in [2.75, 3.05) is 0 Å². The Morgan fingerprint density at radius 2 is 2.12 bits per heavy atom. The number of fused-ring (bicyclic) bond motifs is 1. The summed E-state index contributed by atoms with van der Waals surface area (Å²) < 4.78 is 33.7. The van der Waals surface area contributed by atoms with Crippen LogP contribution in [-0.2, 0) is 10.1 Å². The Balaban J connectivity index is 1.98. The molecule has 1 aliphatic carbocycles. The molecular formula is C10H8O5S2. The molecule has 5 nitrogen and oxygen atoms in total. The molecule has 0 bridgehead atoms. The highest BCUT2D eigenvalue weighted by molar-refractivity contribution is 7.88. The van der Waals surface area contributed by atoms with E-state index < -0.39 is 15.1 Å². The van der Waals surface area contributed by atoms with Crippen LogP contribution in [0.15, 0.2) is 27.4 Å². The van der Waals surface area contributed by atoms with Crippen LogP contribution in [0.5, 0.6) is 5.75 Å². The minimum absolute atomic E-state index is 0.186. The van der Waals surface area contributed by atoms with Gasteiger partial charge < -0.3 is 8.60 Å². The van der Waals surface area contributed by atoms with Crippen molar-refractivity contribution in [3.63, 3.8) is 0 Å². The highest BCUT2D eigenvalue weighted by Gasteiger charge is 2.37. The molecule has 0 aliphatic heterocycles. The molecule has 0 spiro atoms. The van der Waals surface area contributed by atoms with Crippen LogP contribution in [0, 0.1) is 0 Å². The van der Waals surface area contributed by atoms with Crippen LogP contribution in [0.3, 0.4) is 0 Å². The zero-order valence-corrected chi connectivity index (χ0v) is 10.2. The summed E-state index contributed by atoms with van der Waals surface area (Å²) >= 11 is 0.970. The van der Waals surface area contributed by atoms with Gasteiger partial charge in [-0.15, -0.1) is 0 Å². The molecule has 0 radical (unpaired) electrons. The van der Waals surface area contributed by atoms with Gasteiger partial charge >= 0.3 is 15.1 Å². The lowest BCUT2D eigenvalue weighted by molar-refractivity contribution is 0.484. The Bertz CT molecular complexity index is 720. The van der Waals surface area contributed by atoms with E-state index in [1.807, 2.05) is 0 Å². The van der Waals surface area contributed by atoms with Gasteiger partial charge in [-0.05, 0) is 25.0 Å². The topological polar surface area (TPSA) is 73.6 Å². The van der Waals surface area contributed by atoms with E-state index in [-0.39, 0.29) is 11.0 Å². The second-order valence-corrected chi connectivity index (χ2v) is 6.63. The molecule has 1 fully saturated rings. The Morgan fingerprint density at radius 1 is 1.35 bits per heavy atom. The first-order valence-electron chi connectivity index (χ1n) is 5.01. The van der Waals surface area contributed by atoms with E-state index in [2.05, 4.69) is 0 Å². The van der Waals surface area contributed by atoms with Crippen molar-refractivity contribution >= 4 is 31.7 Å². The van der Waals surface area contributed by atoms with E-state index in [1.54, 1.807) is 6.07 Å². The van der Waals surface area contributed by atoms with Crippen LogP contribution in [0.4, 0.5) is 0 Å². The number of hydrogen-bond donors (Lipinski definition) is 0. The second kappa shape index (κ2) is 3.58. The molecule has 17 heavy (non-hydrogen) atoms. The maximum atomic E-state index is 11.6. The predicted octanol–water partition coefficient (Wildman–Crippen LogP) is 1.73. The first kappa shape index (κ1) is 10.8. The van der Waals surface area contributed by atoms with Crippen LogP contribution in [0.2, 0.25) is 0 Å². The van der Waals surface area contributed by atoms with Crippen molar-refractivity contribution < 1.29 is 17.0 Å². The SMILES string of the molecule is O=c1oc2cc(OS(=O)(=O)C3CC3)ccc2s1. The summed E-state index contributed by atoms with van der Waals surface area (Å²) in [5.41, 5.74) is 0.350. The maximum absolute atomic E-state index is 11.6. The minimum Gasteiger partial charge on any atom is -0.414 e. The fraction of sp³-hybridized carbons (Fsp3) is 0.300. The van der Waals surface area contributed by atoms with Gasteiger partial charge in [0.05, 0.1) is 9.95 Å². The standard InChI is InChI=1S/C10H8O5S2/c11-10-14-8-5-6(1-4-9(8)16-10)15-17(12,13)7-2-3-7/h1,4-5,7H,2-3H2. The van der Waals surface area contributed by atoms with Crippen LogP contribution in [0.25, 0.3) is 10.3 Å². The monoisotopic (exact) mass is 272 g/mol. The average molecular weight is 272 g/mol. The Kier molecular flexibility index (Phi) is 2.27. The zero-order valence-electron chi connectivity index (χ0n) is 8.58. The van der Waals surface area contributed by atoms with Crippen molar-refractivity contribution in [2.24, 2.45) is 0 Å². The van der Waals surface area contributed by atoms with Gasteiger partial charge in [-0.2, -0.15) is 8.42 Å². The smallest absolute Gasteiger partial charge is 0.396 e. The molecule has 90 valence electrons. The van der Waals surface area contributed by atoms with Crippen LogP contribution in [0.1, 0.15) is 12.8 Å². The Hall–Kier alpha value is -1.34. The lowest BCUT2D eigenvalue weighted by atomic mass is 10.3. The van der Waals surface area contributed by atoms with Crippen molar-refractivity contribution in [1.82, 2.24) is 0 Å². The lowest BCUT2D eigenvalue weighted by Gasteiger charge is -2.04. The molecule has 1 saturated carbocycles. The molecule has 1 aliphatic rings. The highest BCUT2D eigenvalue weighted by atomic mass is 32.2. The third kappa shape index (κ3) is 2.07. The molecule has 0 N–H and O–H groups in total. The minimum atomic E-state index is -3.52. The maximum Gasteiger partial charge on any atom is 0.396 e. The van der Waals surface area contributed by atoms with Crippen molar-refractivity contribution in [3.05, 3.63) is 27.9 Å². The van der Waals surface area contributed by atoms with Crippen molar-refractivity contribution in [1.29, 1.82) is 0 Å². The summed E-state index contributed by atoms with van der Waals surface area (Å²) in [7, 11) is -3.52. The molecule has 1 heterocycles. The van der Waals surface area contributed by atoms with E-state index in [4.69, 9.17) is 8.60 Å². The normalized spacial score (nSPS) is 16.2. The summed E-state index contributed by atoms with van der Waals surface area (Å²) in [6, 6.07) is 4.56. The summed E-state index contributed by atoms with van der Waals surface area (Å²) in [6.45, 7) is 0. The van der Waals surface area contributed by atoms with Gasteiger partial charge in [0.15, 0.2) is 5.58 Å². The van der Waals surface area contributed by atoms with Crippen molar-refractivity contribution in [3.8, 4) is 5.75 Å². The van der Waals surface area contributed by atoms with Gasteiger partial charge in [0.25, 0.3) is 0 Å². The summed E-state index contributed by atoms with van der Waals surface area (Å²) in [5, 5.41) is -0.382. The third-order valence-corrected chi connectivity index (χ3v) is 4.97. The number of rotatable bonds is 3. The molecule has 1 aromatic carbocycles. The molecule has 0 atom stereocenters. The number of benzene rings is 1. The molecular weight excluding hydrogens is 264 g/mol. The molecule has 2 aromatic rings. The van der Waals surface area contributed by atoms with E-state index >= 15 is 0 Å². The third-order valence-electron chi connectivity index (χ3n) is 2.45. The van der Waals surface area contributed by atoms with E-state index in [1.165, 1.54) is 12.1 Å². The lowest BCUT2D eigenvalue weighted by Crippen LogP contribution is -2.14. The van der Waals surface area contributed by atoms with Gasteiger partial charge in [0.1, 0.15) is 5.75 Å². The van der Waals surface area contributed by atoms with E-state index in [0.29, 0.717) is 23.1 Å². The summed E-state index contributed by atoms with van der Waals surface area (Å²) in [4.78, 5) is 10.6. The van der Waals surface area contributed by atoms with Crippen LogP contribution < -0.4 is 9.12 Å². The molecule has 0 amide bonds. The molecule has 1 aromatic heterocycles. The molecule has 0 unspecified atom stereocenters. The van der Waals surface area contributed by atoms with Crippen molar-refractivity contribution in [2.45, 2.75) is 18.1 Å². The van der Waals surface area contributed by atoms with Crippen LogP contribution in [-0.4, -0.2) is 13.7 Å². The van der Waals surface area contributed by atoms with Gasteiger partial charge in [-0.3, -0.25) is 0 Å². The van der Waals surface area contributed by atoms with Gasteiger partial charge in [0, 0.05) is 6.07 Å². The molecule has 3 rings (SSSR count). The molecule has 0 saturated heterocycles. The highest BCUT2D eigenvalue weighted by Crippen LogP contribution is 2.31. The van der Waals surface area contributed by atoms with Gasteiger partial charge in [-0.1, -0.05) is 11.3 Å². The summed E-state index contributed by atoms with van der Waals surface area (Å²) in [5.74, 6) is 0.186. The fourth-order valence-corrected chi connectivity index (χ4v) is 3.33. The Morgan fingerprint density at radius 3 is 2.82 bits per heavy atom. The largest absolute Gasteiger partial charge is 0.414 e. The Labute approximate surface area is 101 Å². The predicted molar refractivity (Wildman–Crippen MR) is 62.9 cm³/mol. The average Bonchev–Trinajstić information content (AvgIpc) is 3.01. The van der Waals surface area contributed by atoms with E-state index in [0.717, 1.165) is 11.3 Å². The first-order chi connectivity index (χ1) is 8.04. The second-order valence-electron chi connectivity index (χ2n) is 3.84. The first-order valence-corrected chi connectivity index (χ1v) is 7.30. The zero-order chi connectivity index (χ0) is 12.0. The van der Waals surface area contributed by atoms with E-state index in [9.17, 15) is 13.2 Å². The fourth-order valence-electron chi connectivity index (χ4n) is 1.46.